The van der Waals surface area contributed by atoms with Gasteiger partial charge in [0.2, 0.25) is 0 Å². The van der Waals surface area contributed by atoms with Crippen molar-refractivity contribution in [1.82, 2.24) is 0 Å². The van der Waals surface area contributed by atoms with Gasteiger partial charge < -0.3 is 9.52 Å². The highest BCUT2D eigenvalue weighted by atomic mass is 35.5. The molecule has 1 aromatic heterocycles. The molecule has 0 aromatic carbocycles. The molecular weight excluding hydrogens is 176 g/mol. The largest absolute Gasteiger partial charge is 0.447 e. The van der Waals surface area contributed by atoms with Gasteiger partial charge in [-0.15, -0.1) is 0 Å². The molecule has 12 heavy (non-hydrogen) atoms. The van der Waals surface area contributed by atoms with Crippen molar-refractivity contribution in [1.29, 1.82) is 0 Å². The Morgan fingerprint density at radius 2 is 2.25 bits per heavy atom. The SMILES string of the molecule is OC(c1ccc(Cl)o1)C1CCC1. The number of aliphatic hydroxyl groups excluding tert-OH is 1. The van der Waals surface area contributed by atoms with Crippen LogP contribution in [0.15, 0.2) is 16.5 Å². The zero-order valence-corrected chi connectivity index (χ0v) is 7.42. The fraction of sp³-hybridized carbons (Fsp3) is 0.556. The van der Waals surface area contributed by atoms with Crippen molar-refractivity contribution in [3.8, 4) is 0 Å². The summed E-state index contributed by atoms with van der Waals surface area (Å²) in [6.07, 6.45) is 2.96. The van der Waals surface area contributed by atoms with Gasteiger partial charge in [0.15, 0.2) is 5.22 Å². The quantitative estimate of drug-likeness (QED) is 0.771. The molecule has 3 heteroatoms. The topological polar surface area (TPSA) is 33.4 Å². The van der Waals surface area contributed by atoms with Crippen molar-refractivity contribution >= 4 is 11.6 Å². The molecule has 2 nitrogen and oxygen atoms in total. The second kappa shape index (κ2) is 3.11. The van der Waals surface area contributed by atoms with Crippen LogP contribution in [0.4, 0.5) is 0 Å². The highest BCUT2D eigenvalue weighted by Gasteiger charge is 2.28. The van der Waals surface area contributed by atoms with E-state index in [9.17, 15) is 5.11 Å². The first-order chi connectivity index (χ1) is 5.77. The molecule has 1 heterocycles. The molecule has 0 spiro atoms. The Labute approximate surface area is 76.1 Å². The minimum atomic E-state index is -0.453. The molecule has 1 aromatic rings. The highest BCUT2D eigenvalue weighted by Crippen LogP contribution is 2.38. The maximum atomic E-state index is 9.70. The van der Waals surface area contributed by atoms with E-state index in [1.807, 2.05) is 0 Å². The van der Waals surface area contributed by atoms with Crippen LogP contribution in [0.25, 0.3) is 0 Å². The van der Waals surface area contributed by atoms with Gasteiger partial charge in [0.25, 0.3) is 0 Å². The van der Waals surface area contributed by atoms with E-state index in [1.165, 1.54) is 6.42 Å². The molecule has 1 fully saturated rings. The van der Waals surface area contributed by atoms with E-state index in [4.69, 9.17) is 16.0 Å². The number of halogens is 1. The minimum Gasteiger partial charge on any atom is -0.447 e. The van der Waals surface area contributed by atoms with E-state index in [0.29, 0.717) is 16.9 Å². The van der Waals surface area contributed by atoms with E-state index in [0.717, 1.165) is 12.8 Å². The summed E-state index contributed by atoms with van der Waals surface area (Å²) >= 11 is 5.59. The van der Waals surface area contributed by atoms with Gasteiger partial charge in [-0.3, -0.25) is 0 Å². The number of hydrogen-bond donors (Lipinski definition) is 1. The lowest BCUT2D eigenvalue weighted by molar-refractivity contribution is 0.0445. The lowest BCUT2D eigenvalue weighted by atomic mass is 9.80. The molecule has 0 bridgehead atoms. The normalized spacial score (nSPS) is 20.5. The Morgan fingerprint density at radius 1 is 1.50 bits per heavy atom. The fourth-order valence-corrected chi connectivity index (χ4v) is 1.63. The van der Waals surface area contributed by atoms with Crippen LogP contribution < -0.4 is 0 Å². The van der Waals surface area contributed by atoms with Crippen LogP contribution in [0, 0.1) is 5.92 Å². The van der Waals surface area contributed by atoms with Crippen LogP contribution in [-0.4, -0.2) is 5.11 Å². The van der Waals surface area contributed by atoms with E-state index in [-0.39, 0.29) is 0 Å². The fourth-order valence-electron chi connectivity index (χ4n) is 1.48. The standard InChI is InChI=1S/C9H11ClO2/c10-8-5-4-7(12-8)9(11)6-2-1-3-6/h4-6,9,11H,1-3H2. The summed E-state index contributed by atoms with van der Waals surface area (Å²) in [5, 5.41) is 10.1. The molecule has 0 radical (unpaired) electrons. The second-order valence-electron chi connectivity index (χ2n) is 3.28. The molecule has 1 aliphatic carbocycles. The summed E-state index contributed by atoms with van der Waals surface area (Å²) in [6.45, 7) is 0. The molecule has 1 saturated carbocycles. The maximum Gasteiger partial charge on any atom is 0.193 e. The first-order valence-corrected chi connectivity index (χ1v) is 4.58. The molecule has 66 valence electrons. The van der Waals surface area contributed by atoms with Gasteiger partial charge in [0, 0.05) is 0 Å². The van der Waals surface area contributed by atoms with Crippen LogP contribution in [0.5, 0.6) is 0 Å². The van der Waals surface area contributed by atoms with Gasteiger partial charge in [-0.2, -0.15) is 0 Å². The van der Waals surface area contributed by atoms with Crippen molar-refractivity contribution < 1.29 is 9.52 Å². The summed E-state index contributed by atoms with van der Waals surface area (Å²) < 4.78 is 5.12. The van der Waals surface area contributed by atoms with Crippen molar-refractivity contribution in [3.05, 3.63) is 23.1 Å². The van der Waals surface area contributed by atoms with Crippen LogP contribution in [-0.2, 0) is 0 Å². The van der Waals surface area contributed by atoms with Gasteiger partial charge in [-0.25, -0.2) is 0 Å². The third kappa shape index (κ3) is 1.37. The molecule has 0 saturated heterocycles. The Hall–Kier alpha value is -0.470. The van der Waals surface area contributed by atoms with Crippen molar-refractivity contribution in [2.24, 2.45) is 5.92 Å². The van der Waals surface area contributed by atoms with Crippen LogP contribution in [0.2, 0.25) is 5.22 Å². The van der Waals surface area contributed by atoms with Gasteiger partial charge >= 0.3 is 0 Å². The average Bonchev–Trinajstić information content (AvgIpc) is 2.31. The Morgan fingerprint density at radius 3 is 2.67 bits per heavy atom. The van der Waals surface area contributed by atoms with Gasteiger partial charge in [0.1, 0.15) is 11.9 Å². The molecule has 1 unspecified atom stereocenters. The Bertz CT molecular complexity index is 265. The summed E-state index contributed by atoms with van der Waals surface area (Å²) in [5.74, 6) is 0.983. The van der Waals surface area contributed by atoms with Crippen molar-refractivity contribution in [3.63, 3.8) is 0 Å². The van der Waals surface area contributed by atoms with E-state index in [1.54, 1.807) is 12.1 Å². The summed E-state index contributed by atoms with van der Waals surface area (Å²) in [4.78, 5) is 0. The van der Waals surface area contributed by atoms with E-state index >= 15 is 0 Å². The maximum absolute atomic E-state index is 9.70. The zero-order chi connectivity index (χ0) is 8.55. The van der Waals surface area contributed by atoms with Crippen molar-refractivity contribution in [2.75, 3.05) is 0 Å². The van der Waals surface area contributed by atoms with Gasteiger partial charge in [0.05, 0.1) is 0 Å². The number of furan rings is 1. The predicted octanol–water partition coefficient (Wildman–Crippen LogP) is 2.77. The van der Waals surface area contributed by atoms with Gasteiger partial charge in [-0.1, -0.05) is 6.42 Å². The lowest BCUT2D eigenvalue weighted by Crippen LogP contribution is -2.19. The summed E-state index contributed by atoms with van der Waals surface area (Å²) in [6, 6.07) is 3.41. The molecule has 0 amide bonds. The molecule has 1 aliphatic rings. The van der Waals surface area contributed by atoms with E-state index in [2.05, 4.69) is 0 Å². The molecular formula is C9H11ClO2. The Kier molecular flexibility index (Phi) is 2.11. The van der Waals surface area contributed by atoms with Crippen LogP contribution in [0.3, 0.4) is 0 Å². The van der Waals surface area contributed by atoms with E-state index < -0.39 is 6.10 Å². The summed E-state index contributed by atoms with van der Waals surface area (Å²) in [7, 11) is 0. The summed E-state index contributed by atoms with van der Waals surface area (Å²) in [5.41, 5.74) is 0. The number of rotatable bonds is 2. The average molecular weight is 187 g/mol. The van der Waals surface area contributed by atoms with Crippen molar-refractivity contribution in [2.45, 2.75) is 25.4 Å². The number of aliphatic hydroxyl groups is 1. The second-order valence-corrected chi connectivity index (χ2v) is 3.65. The zero-order valence-electron chi connectivity index (χ0n) is 6.66. The third-order valence-electron chi connectivity index (χ3n) is 2.48. The molecule has 0 aliphatic heterocycles. The predicted molar refractivity (Wildman–Crippen MR) is 46.0 cm³/mol. The van der Waals surface area contributed by atoms with Crippen LogP contribution >= 0.6 is 11.6 Å². The lowest BCUT2D eigenvalue weighted by Gasteiger charge is -2.28. The molecule has 2 rings (SSSR count). The Balaban J connectivity index is 2.08. The van der Waals surface area contributed by atoms with Crippen LogP contribution in [0.1, 0.15) is 31.1 Å². The first-order valence-electron chi connectivity index (χ1n) is 4.20. The monoisotopic (exact) mass is 186 g/mol. The smallest absolute Gasteiger partial charge is 0.193 e. The number of hydrogen-bond acceptors (Lipinski definition) is 2. The van der Waals surface area contributed by atoms with Gasteiger partial charge in [-0.05, 0) is 42.5 Å². The molecule has 1 atom stereocenters. The highest BCUT2D eigenvalue weighted by molar-refractivity contribution is 6.28. The minimum absolute atomic E-state index is 0.350. The molecule has 1 N–H and O–H groups in total. The first kappa shape index (κ1) is 8.14. The third-order valence-corrected chi connectivity index (χ3v) is 2.68.